The number of nitrogens with zero attached hydrogens (tertiary/aromatic N) is 1. The molecule has 0 saturated heterocycles. The average molecular weight is 318 g/mol. The molecule has 0 aliphatic carbocycles. The van der Waals surface area contributed by atoms with E-state index >= 15 is 0 Å². The van der Waals surface area contributed by atoms with Crippen molar-refractivity contribution in [1.82, 2.24) is 10.5 Å². The highest BCUT2D eigenvalue weighted by Gasteiger charge is 2.22. The maximum Gasteiger partial charge on any atom is 0.256 e. The van der Waals surface area contributed by atoms with Crippen molar-refractivity contribution in [1.29, 1.82) is 0 Å². The first-order valence-corrected chi connectivity index (χ1v) is 7.54. The van der Waals surface area contributed by atoms with Gasteiger partial charge >= 0.3 is 0 Å². The minimum absolute atomic E-state index is 0.104. The Morgan fingerprint density at radius 1 is 1.26 bits per heavy atom. The zero-order valence-electron chi connectivity index (χ0n) is 13.9. The van der Waals surface area contributed by atoms with Crippen molar-refractivity contribution in [3.63, 3.8) is 0 Å². The van der Waals surface area contributed by atoms with Gasteiger partial charge in [-0.05, 0) is 31.2 Å². The van der Waals surface area contributed by atoms with Crippen molar-refractivity contribution in [3.8, 4) is 11.5 Å². The monoisotopic (exact) mass is 318 g/mol. The molecule has 0 unspecified atom stereocenters. The number of methoxy groups -OCH3 is 1. The molecule has 0 aliphatic rings. The summed E-state index contributed by atoms with van der Waals surface area (Å²) in [5, 5.41) is 6.70. The van der Waals surface area contributed by atoms with Crippen LogP contribution in [0.3, 0.4) is 0 Å². The van der Waals surface area contributed by atoms with E-state index in [2.05, 4.69) is 10.5 Å². The van der Waals surface area contributed by atoms with Gasteiger partial charge in [-0.3, -0.25) is 4.79 Å². The SMILES string of the molecule is COc1ccc(OCCNC(=O)c2c(C)noc2C(C)C)cc1. The van der Waals surface area contributed by atoms with Gasteiger partial charge in [0.25, 0.3) is 5.91 Å². The van der Waals surface area contributed by atoms with E-state index in [1.54, 1.807) is 14.0 Å². The van der Waals surface area contributed by atoms with Crippen molar-refractivity contribution in [2.75, 3.05) is 20.3 Å². The number of benzene rings is 1. The lowest BCUT2D eigenvalue weighted by molar-refractivity contribution is 0.0944. The molecule has 23 heavy (non-hydrogen) atoms. The number of hydrogen-bond acceptors (Lipinski definition) is 5. The van der Waals surface area contributed by atoms with Gasteiger partial charge < -0.3 is 19.3 Å². The predicted octanol–water partition coefficient (Wildman–Crippen LogP) is 2.92. The number of carbonyl (C=O) groups is 1. The van der Waals surface area contributed by atoms with Crippen LogP contribution < -0.4 is 14.8 Å². The first kappa shape index (κ1) is 16.9. The van der Waals surface area contributed by atoms with Gasteiger partial charge in [-0.15, -0.1) is 0 Å². The van der Waals surface area contributed by atoms with Gasteiger partial charge in [-0.1, -0.05) is 19.0 Å². The molecule has 0 radical (unpaired) electrons. The van der Waals surface area contributed by atoms with E-state index in [4.69, 9.17) is 14.0 Å². The van der Waals surface area contributed by atoms with Gasteiger partial charge in [0.2, 0.25) is 0 Å². The molecule has 0 fully saturated rings. The third kappa shape index (κ3) is 4.25. The number of aryl methyl sites for hydroxylation is 1. The zero-order chi connectivity index (χ0) is 16.8. The lowest BCUT2D eigenvalue weighted by atomic mass is 10.0. The highest BCUT2D eigenvalue weighted by Crippen LogP contribution is 2.22. The molecule has 0 atom stereocenters. The zero-order valence-corrected chi connectivity index (χ0v) is 13.9. The molecule has 1 N–H and O–H groups in total. The molecular weight excluding hydrogens is 296 g/mol. The molecule has 0 saturated carbocycles. The van der Waals surface area contributed by atoms with Crippen LogP contribution in [-0.2, 0) is 0 Å². The van der Waals surface area contributed by atoms with Crippen LogP contribution in [0.1, 0.15) is 41.6 Å². The molecule has 2 aromatic rings. The topological polar surface area (TPSA) is 73.6 Å². The minimum Gasteiger partial charge on any atom is -0.497 e. The van der Waals surface area contributed by atoms with E-state index in [0.29, 0.717) is 30.2 Å². The largest absolute Gasteiger partial charge is 0.497 e. The summed E-state index contributed by atoms with van der Waals surface area (Å²) in [6.45, 7) is 6.46. The Morgan fingerprint density at radius 2 is 1.91 bits per heavy atom. The molecule has 1 heterocycles. The fourth-order valence-electron chi connectivity index (χ4n) is 2.15. The maximum atomic E-state index is 12.3. The molecule has 0 aliphatic heterocycles. The molecule has 1 amide bonds. The highest BCUT2D eigenvalue weighted by atomic mass is 16.5. The Hall–Kier alpha value is -2.50. The lowest BCUT2D eigenvalue weighted by Crippen LogP contribution is -2.29. The number of aromatic nitrogens is 1. The number of ether oxygens (including phenoxy) is 2. The van der Waals surface area contributed by atoms with Gasteiger partial charge in [0.05, 0.1) is 19.3 Å². The number of carbonyl (C=O) groups excluding carboxylic acids is 1. The summed E-state index contributed by atoms with van der Waals surface area (Å²) in [5.41, 5.74) is 1.12. The summed E-state index contributed by atoms with van der Waals surface area (Å²) >= 11 is 0. The third-order valence-electron chi connectivity index (χ3n) is 3.36. The summed E-state index contributed by atoms with van der Waals surface area (Å²) in [6.07, 6.45) is 0. The Bertz CT molecular complexity index is 647. The summed E-state index contributed by atoms with van der Waals surface area (Å²) < 4.78 is 15.9. The number of hydrogen-bond donors (Lipinski definition) is 1. The summed E-state index contributed by atoms with van der Waals surface area (Å²) in [7, 11) is 1.61. The summed E-state index contributed by atoms with van der Waals surface area (Å²) in [4.78, 5) is 12.3. The summed E-state index contributed by atoms with van der Waals surface area (Å²) in [5.74, 6) is 2.02. The second-order valence-electron chi connectivity index (χ2n) is 5.44. The van der Waals surface area contributed by atoms with Gasteiger partial charge in [0, 0.05) is 5.92 Å². The Morgan fingerprint density at radius 3 is 2.52 bits per heavy atom. The van der Waals surface area contributed by atoms with Gasteiger partial charge in [0.15, 0.2) is 5.76 Å². The van der Waals surface area contributed by atoms with Crippen LogP contribution in [0, 0.1) is 6.92 Å². The van der Waals surface area contributed by atoms with Crippen LogP contribution in [0.4, 0.5) is 0 Å². The molecule has 0 spiro atoms. The van der Waals surface area contributed by atoms with Crippen LogP contribution in [0.15, 0.2) is 28.8 Å². The quantitative estimate of drug-likeness (QED) is 0.795. The van der Waals surface area contributed by atoms with Crippen molar-refractivity contribution in [3.05, 3.63) is 41.3 Å². The van der Waals surface area contributed by atoms with E-state index in [9.17, 15) is 4.79 Å². The first-order chi connectivity index (χ1) is 11.0. The van der Waals surface area contributed by atoms with Crippen LogP contribution in [0.5, 0.6) is 11.5 Å². The molecule has 124 valence electrons. The molecule has 0 bridgehead atoms. The van der Waals surface area contributed by atoms with Crippen molar-refractivity contribution in [2.45, 2.75) is 26.7 Å². The summed E-state index contributed by atoms with van der Waals surface area (Å²) in [6, 6.07) is 7.29. The standard InChI is InChI=1S/C17H22N2O4/c1-11(2)16-15(12(3)19-23-16)17(20)18-9-10-22-14-7-5-13(21-4)6-8-14/h5-8,11H,9-10H2,1-4H3,(H,18,20). The van der Waals surface area contributed by atoms with Crippen molar-refractivity contribution in [2.24, 2.45) is 0 Å². The van der Waals surface area contributed by atoms with E-state index in [0.717, 1.165) is 11.5 Å². The minimum atomic E-state index is -0.189. The maximum absolute atomic E-state index is 12.3. The van der Waals surface area contributed by atoms with Crippen molar-refractivity contribution < 1.29 is 18.8 Å². The Balaban J connectivity index is 1.84. The first-order valence-electron chi connectivity index (χ1n) is 7.54. The van der Waals surface area contributed by atoms with E-state index < -0.39 is 0 Å². The predicted molar refractivity (Wildman–Crippen MR) is 86.2 cm³/mol. The fourth-order valence-corrected chi connectivity index (χ4v) is 2.15. The second kappa shape index (κ2) is 7.67. The average Bonchev–Trinajstić information content (AvgIpc) is 2.94. The Kier molecular flexibility index (Phi) is 5.62. The van der Waals surface area contributed by atoms with Crippen LogP contribution in [0.2, 0.25) is 0 Å². The van der Waals surface area contributed by atoms with E-state index in [1.807, 2.05) is 38.1 Å². The van der Waals surface area contributed by atoms with Crippen LogP contribution >= 0.6 is 0 Å². The van der Waals surface area contributed by atoms with Gasteiger partial charge in [-0.2, -0.15) is 0 Å². The number of amides is 1. The van der Waals surface area contributed by atoms with E-state index in [-0.39, 0.29) is 11.8 Å². The number of rotatable bonds is 7. The smallest absolute Gasteiger partial charge is 0.256 e. The molecule has 1 aromatic carbocycles. The lowest BCUT2D eigenvalue weighted by Gasteiger charge is -2.09. The third-order valence-corrected chi connectivity index (χ3v) is 3.36. The molecule has 1 aromatic heterocycles. The molecular formula is C17H22N2O4. The normalized spacial score (nSPS) is 10.7. The number of nitrogens with one attached hydrogen (secondary N) is 1. The van der Waals surface area contributed by atoms with Crippen LogP contribution in [0.25, 0.3) is 0 Å². The highest BCUT2D eigenvalue weighted by molar-refractivity contribution is 5.96. The fraction of sp³-hybridized carbons (Fsp3) is 0.412. The molecule has 6 nitrogen and oxygen atoms in total. The van der Waals surface area contributed by atoms with Crippen molar-refractivity contribution >= 4 is 5.91 Å². The van der Waals surface area contributed by atoms with Crippen LogP contribution in [-0.4, -0.2) is 31.3 Å². The Labute approximate surface area is 135 Å². The van der Waals surface area contributed by atoms with E-state index in [1.165, 1.54) is 0 Å². The second-order valence-corrected chi connectivity index (χ2v) is 5.44. The van der Waals surface area contributed by atoms with Gasteiger partial charge in [0.1, 0.15) is 23.7 Å². The molecule has 2 rings (SSSR count). The van der Waals surface area contributed by atoms with Gasteiger partial charge in [-0.25, -0.2) is 0 Å². The molecule has 6 heteroatoms.